The van der Waals surface area contributed by atoms with Gasteiger partial charge in [0.2, 0.25) is 5.91 Å². The van der Waals surface area contributed by atoms with Crippen molar-refractivity contribution in [3.63, 3.8) is 0 Å². The Hall–Kier alpha value is -7.33. The van der Waals surface area contributed by atoms with Gasteiger partial charge in [-0.05, 0) is 74.2 Å². The fourth-order valence-corrected chi connectivity index (χ4v) is 7.98. The molecule has 0 spiro atoms. The number of carbonyl (C=O) groups is 5. The fourth-order valence-electron chi connectivity index (χ4n) is 7.79. The van der Waals surface area contributed by atoms with Crippen LogP contribution in [0, 0.1) is 0 Å². The Balaban J connectivity index is 0.773. The zero-order chi connectivity index (χ0) is 58.8. The third-order valence-electron chi connectivity index (χ3n) is 11.8. The summed E-state index contributed by atoms with van der Waals surface area (Å²) in [7, 11) is 0. The number of nitrogen functional groups attached to an aromatic ring is 1. The van der Waals surface area contributed by atoms with E-state index in [2.05, 4.69) is 31.2 Å². The summed E-state index contributed by atoms with van der Waals surface area (Å²) in [5.74, 6) is 2.21. The maximum absolute atomic E-state index is 13.2. The molecule has 456 valence electrons. The van der Waals surface area contributed by atoms with Crippen LogP contribution in [0.5, 0.6) is 11.5 Å². The van der Waals surface area contributed by atoms with Crippen molar-refractivity contribution >= 4 is 58.7 Å². The number of anilines is 1. The number of fused-ring (bicyclic) bond motifs is 1. The Kier molecular flexibility index (Phi) is 33.3. The van der Waals surface area contributed by atoms with Gasteiger partial charge >= 0.3 is 24.4 Å². The zero-order valence-electron chi connectivity index (χ0n) is 46.9. The molecule has 5 rings (SSSR count). The van der Waals surface area contributed by atoms with Crippen molar-refractivity contribution < 1.29 is 76.1 Å². The molecule has 3 heterocycles. The molecule has 4 aromatic rings. The van der Waals surface area contributed by atoms with Crippen LogP contribution in [0.4, 0.5) is 25.0 Å². The van der Waals surface area contributed by atoms with Crippen LogP contribution in [0.1, 0.15) is 44.6 Å². The van der Waals surface area contributed by atoms with Gasteiger partial charge in [0, 0.05) is 63.4 Å². The number of nitrogens with one attached hydrogen (secondary N) is 4. The third kappa shape index (κ3) is 28.0. The second-order valence-corrected chi connectivity index (χ2v) is 18.4. The summed E-state index contributed by atoms with van der Waals surface area (Å²) >= 11 is 5.66. The van der Waals surface area contributed by atoms with Crippen LogP contribution in [0.15, 0.2) is 85.2 Å². The van der Waals surface area contributed by atoms with Gasteiger partial charge in [-0.3, -0.25) is 4.79 Å². The Morgan fingerprint density at radius 2 is 1.12 bits per heavy atom. The molecule has 2 aromatic carbocycles. The lowest BCUT2D eigenvalue weighted by Gasteiger charge is -2.32. The van der Waals surface area contributed by atoms with E-state index in [9.17, 15) is 24.0 Å². The molecule has 0 unspecified atom stereocenters. The Morgan fingerprint density at radius 3 is 1.72 bits per heavy atom. The summed E-state index contributed by atoms with van der Waals surface area (Å²) in [6, 6.07) is 16.9. The van der Waals surface area contributed by atoms with Crippen LogP contribution >= 0.6 is 11.6 Å². The first kappa shape index (κ1) is 66.5. The Labute approximate surface area is 488 Å². The van der Waals surface area contributed by atoms with Gasteiger partial charge in [-0.1, -0.05) is 37.1 Å². The number of carbonyl (C=O) groups excluding carboxylic acids is 5. The van der Waals surface area contributed by atoms with Crippen molar-refractivity contribution in [1.82, 2.24) is 45.9 Å². The zero-order valence-corrected chi connectivity index (χ0v) is 47.6. The summed E-state index contributed by atoms with van der Waals surface area (Å²) in [6.07, 6.45) is 10.7. The van der Waals surface area contributed by atoms with E-state index in [1.165, 1.54) is 24.6 Å². The number of aromatic nitrogens is 4. The van der Waals surface area contributed by atoms with E-state index >= 15 is 0 Å². The number of halogens is 1. The van der Waals surface area contributed by atoms with Crippen molar-refractivity contribution in [3.8, 4) is 22.8 Å². The van der Waals surface area contributed by atoms with E-state index in [0.29, 0.717) is 80.2 Å². The van der Waals surface area contributed by atoms with Crippen LogP contribution in [0.2, 0.25) is 0 Å². The molecule has 6 N–H and O–H groups in total. The molecule has 1 fully saturated rings. The minimum Gasteiger partial charge on any atom is -0.457 e. The van der Waals surface area contributed by atoms with Crippen LogP contribution in [0.25, 0.3) is 22.3 Å². The molecule has 83 heavy (non-hydrogen) atoms. The lowest BCUT2D eigenvalue weighted by atomic mass is 10.1. The van der Waals surface area contributed by atoms with E-state index in [1.54, 1.807) is 11.0 Å². The summed E-state index contributed by atoms with van der Waals surface area (Å²) in [5, 5.41) is 15.9. The number of amides is 5. The lowest BCUT2D eigenvalue weighted by molar-refractivity contribution is -0.127. The average Bonchev–Trinajstić information content (AvgIpc) is 3.03. The first-order valence-electron chi connectivity index (χ1n) is 27.8. The summed E-state index contributed by atoms with van der Waals surface area (Å²) < 4.78 is 60.6. The average molecular weight is 1180 g/mol. The first-order chi connectivity index (χ1) is 40.7. The van der Waals surface area contributed by atoms with Gasteiger partial charge in [-0.2, -0.15) is 5.10 Å². The molecular formula is C56H79ClN10O16. The number of likely N-dealkylation sites (tertiary alicyclic amines) is 1. The number of nitrogens with zero attached hydrogens (tertiary/aromatic N) is 5. The molecule has 1 aliphatic heterocycles. The fraction of sp³-hybridized carbons (Fsp3) is 0.536. The molecule has 1 saturated heterocycles. The third-order valence-corrected chi connectivity index (χ3v) is 12.1. The molecular weight excluding hydrogens is 1100 g/mol. The highest BCUT2D eigenvalue weighted by atomic mass is 35.5. The summed E-state index contributed by atoms with van der Waals surface area (Å²) in [6.45, 7) is 5.66. The van der Waals surface area contributed by atoms with E-state index in [4.69, 9.17) is 74.5 Å². The number of alkyl carbamates (subject to hydrolysis) is 4. The quantitative estimate of drug-likeness (QED) is 0.0113. The molecule has 0 aliphatic carbocycles. The highest BCUT2D eigenvalue weighted by Crippen LogP contribution is 2.35. The maximum atomic E-state index is 13.2. The largest absolute Gasteiger partial charge is 0.457 e. The molecule has 26 nitrogen and oxygen atoms in total. The number of para-hydroxylation sites is 1. The monoisotopic (exact) mass is 1180 g/mol. The normalized spacial score (nSPS) is 13.3. The number of benzene rings is 2. The van der Waals surface area contributed by atoms with Crippen molar-refractivity contribution in [2.45, 2.75) is 44.6 Å². The minimum absolute atomic E-state index is 0.00321. The van der Waals surface area contributed by atoms with Crippen molar-refractivity contribution in [1.29, 1.82) is 0 Å². The molecule has 2 aromatic heterocycles. The second kappa shape index (κ2) is 41.6. The Morgan fingerprint density at radius 1 is 0.590 bits per heavy atom. The van der Waals surface area contributed by atoms with E-state index in [1.807, 2.05) is 59.3 Å². The number of hydrogen-bond donors (Lipinski definition) is 5. The van der Waals surface area contributed by atoms with Gasteiger partial charge < -0.3 is 84.0 Å². The predicted molar refractivity (Wildman–Crippen MR) is 306 cm³/mol. The molecule has 1 atom stereocenters. The van der Waals surface area contributed by atoms with Crippen LogP contribution < -0.4 is 31.7 Å². The number of ether oxygens (including phenoxy) is 11. The minimum atomic E-state index is -0.662. The van der Waals surface area contributed by atoms with Crippen LogP contribution in [0.3, 0.4) is 0 Å². The number of rotatable bonds is 41. The first-order valence-corrected chi connectivity index (χ1v) is 28.3. The standard InChI is InChI=1S/C56H79ClN10O16/c57-20-6-1-2-7-26-73-32-33-74-31-24-62-56(72)82-41-39-78-37-35-76-30-23-61-55(71)80-28-9-8-27-79-54(70)60-22-29-75-34-36-77-38-40-81-53(69)59-21-10-15-48(68)66-25-11-12-45(42-66)67-52-49(51(58)63-43-64-52)50(65-67)44-16-18-47(19-17-44)83-46-13-4-3-5-14-46/h3-5,8-10,13-19,43,45H,1-2,6-7,11-12,20-42H2,(H,59,69)(H,60,70)(H,61,71)(H,62,72)(H2,58,63,64)/b9-8-,15-10+/t45-/m1/s1. The molecule has 5 amide bonds. The van der Waals surface area contributed by atoms with Crippen molar-refractivity contribution in [2.24, 2.45) is 0 Å². The smallest absolute Gasteiger partial charge is 0.407 e. The summed E-state index contributed by atoms with van der Waals surface area (Å²) in [4.78, 5) is 71.4. The maximum Gasteiger partial charge on any atom is 0.407 e. The van der Waals surface area contributed by atoms with Crippen molar-refractivity contribution in [2.75, 3.05) is 157 Å². The molecule has 0 radical (unpaired) electrons. The molecule has 0 saturated carbocycles. The number of hydrogen-bond acceptors (Lipinski definition) is 20. The van der Waals surface area contributed by atoms with Crippen molar-refractivity contribution in [3.05, 3.63) is 85.2 Å². The number of nitrogens with two attached hydrogens (primary N) is 1. The van der Waals surface area contributed by atoms with Crippen LogP contribution in [-0.4, -0.2) is 206 Å². The molecule has 0 bridgehead atoms. The van der Waals surface area contributed by atoms with Crippen LogP contribution in [-0.2, 0) is 52.2 Å². The summed E-state index contributed by atoms with van der Waals surface area (Å²) in [5.41, 5.74) is 8.41. The molecule has 1 aliphatic rings. The van der Waals surface area contributed by atoms with Gasteiger partial charge in [-0.25, -0.2) is 33.8 Å². The van der Waals surface area contributed by atoms with E-state index in [0.717, 1.165) is 49.8 Å². The predicted octanol–water partition coefficient (Wildman–Crippen LogP) is 5.95. The molecule has 27 heteroatoms. The number of unbranched alkanes of at least 4 members (excludes halogenated alkanes) is 3. The number of piperidine rings is 1. The number of alkyl halides is 1. The topological polar surface area (TPSA) is 308 Å². The Bertz CT molecular complexity index is 2550. The van der Waals surface area contributed by atoms with Gasteiger partial charge in [-0.15, -0.1) is 11.6 Å². The lowest BCUT2D eigenvalue weighted by Crippen LogP contribution is -2.40. The highest BCUT2D eigenvalue weighted by Gasteiger charge is 2.28. The van der Waals surface area contributed by atoms with Gasteiger partial charge in [0.1, 0.15) is 55.8 Å². The highest BCUT2D eigenvalue weighted by molar-refractivity contribution is 6.17. The van der Waals surface area contributed by atoms with E-state index in [-0.39, 0.29) is 111 Å². The van der Waals surface area contributed by atoms with Gasteiger partial charge in [0.15, 0.2) is 5.65 Å². The second-order valence-electron chi connectivity index (χ2n) is 18.1. The van der Waals surface area contributed by atoms with Gasteiger partial charge in [0.05, 0.1) is 84.1 Å². The van der Waals surface area contributed by atoms with Gasteiger partial charge in [0.25, 0.3) is 0 Å². The SMILES string of the molecule is Nc1ncnc2c1c(-c1ccc(Oc3ccccc3)cc1)nn2[C@@H]1CCCN(C(=O)/C=C/CNC(=O)OCCOCCOCCNC(=O)OC/C=C\COC(=O)NCCOCCOCCOC(=O)NCCOCCOCCCCCCCl)C1. The van der Waals surface area contributed by atoms with E-state index < -0.39 is 24.4 Å².